The van der Waals surface area contributed by atoms with Gasteiger partial charge in [-0.3, -0.25) is 9.59 Å². The Hall–Kier alpha value is -3.53. The van der Waals surface area contributed by atoms with Gasteiger partial charge >= 0.3 is 12.1 Å². The first-order valence-electron chi connectivity index (χ1n) is 10.8. The summed E-state index contributed by atoms with van der Waals surface area (Å²) in [5.74, 6) is -2.22. The molecule has 182 valence electrons. The quantitative estimate of drug-likeness (QED) is 0.406. The van der Waals surface area contributed by atoms with E-state index in [1.54, 1.807) is 0 Å². The van der Waals surface area contributed by atoms with Crippen LogP contribution in [-0.4, -0.2) is 61.9 Å². The van der Waals surface area contributed by atoms with Crippen LogP contribution in [-0.2, 0) is 19.1 Å². The van der Waals surface area contributed by atoms with Gasteiger partial charge in [-0.1, -0.05) is 48.5 Å². The molecule has 0 saturated carbocycles. The number of carboxylic acid groups (broad SMARTS) is 1. The van der Waals surface area contributed by atoms with Crippen LogP contribution >= 0.6 is 0 Å². The van der Waals surface area contributed by atoms with Gasteiger partial charge in [0, 0.05) is 18.9 Å². The number of benzene rings is 2. The first-order valence-corrected chi connectivity index (χ1v) is 10.8. The highest BCUT2D eigenvalue weighted by Gasteiger charge is 2.29. The number of ether oxygens (including phenoxy) is 2. The van der Waals surface area contributed by atoms with Gasteiger partial charge < -0.3 is 25.2 Å². The first kappa shape index (κ1) is 25.1. The summed E-state index contributed by atoms with van der Waals surface area (Å²) in [5.41, 5.74) is 4.48. The summed E-state index contributed by atoms with van der Waals surface area (Å²) in [5, 5.41) is 13.1. The highest BCUT2D eigenvalue weighted by molar-refractivity contribution is 5.79. The molecule has 0 heterocycles. The highest BCUT2D eigenvalue weighted by Crippen LogP contribution is 2.44. The number of carbonyl (C=O) groups excluding carboxylic acids is 2. The van der Waals surface area contributed by atoms with E-state index in [2.05, 4.69) is 5.32 Å². The molecule has 1 unspecified atom stereocenters. The minimum Gasteiger partial charge on any atom is -0.481 e. The number of halogens is 2. The minimum absolute atomic E-state index is 0.0499. The van der Waals surface area contributed by atoms with Crippen molar-refractivity contribution in [2.75, 3.05) is 26.4 Å². The maximum Gasteiger partial charge on any atom is 0.407 e. The Balaban J connectivity index is 1.33. The van der Waals surface area contributed by atoms with E-state index in [0.29, 0.717) is 0 Å². The molecule has 0 aliphatic heterocycles. The van der Waals surface area contributed by atoms with Gasteiger partial charge in [0.15, 0.2) is 0 Å². The smallest absolute Gasteiger partial charge is 0.407 e. The molecule has 0 aromatic heterocycles. The van der Waals surface area contributed by atoms with E-state index in [4.69, 9.17) is 14.6 Å². The Labute approximate surface area is 195 Å². The molecule has 8 nitrogen and oxygen atoms in total. The van der Waals surface area contributed by atoms with E-state index in [-0.39, 0.29) is 38.7 Å². The largest absolute Gasteiger partial charge is 0.481 e. The number of carbonyl (C=O) groups is 3. The van der Waals surface area contributed by atoms with Crippen molar-refractivity contribution in [3.05, 3.63) is 59.7 Å². The van der Waals surface area contributed by atoms with Crippen molar-refractivity contribution >= 4 is 18.0 Å². The zero-order valence-electron chi connectivity index (χ0n) is 18.3. The molecule has 0 spiro atoms. The second kappa shape index (κ2) is 12.1. The Kier molecular flexibility index (Phi) is 8.92. The summed E-state index contributed by atoms with van der Waals surface area (Å²) in [6.45, 7) is 0.339. The summed E-state index contributed by atoms with van der Waals surface area (Å²) < 4.78 is 36.1. The number of hydrogen-bond acceptors (Lipinski definition) is 5. The molecule has 3 rings (SSSR count). The molecule has 0 fully saturated rings. The number of hydrogen-bond donors (Lipinski definition) is 3. The number of carboxylic acids is 1. The lowest BCUT2D eigenvalue weighted by Gasteiger charge is -2.16. The molecule has 0 radical (unpaired) electrons. The number of aliphatic carboxylic acids is 1. The molecule has 2 aromatic carbocycles. The van der Waals surface area contributed by atoms with E-state index in [1.165, 1.54) is 0 Å². The standard InChI is InChI=1S/C24H26F2N2O6/c25-23(26)20(13-22(30)31)28-21(29)9-11-33-12-10-27-24(32)34-14-19-17-7-3-1-5-15(17)16-6-2-4-8-18(16)19/h1-8,19-20,23H,9-14H2,(H,27,32)(H,28,29)(H,30,31). The van der Waals surface area contributed by atoms with Gasteiger partial charge in [-0.2, -0.15) is 0 Å². The Morgan fingerprint density at radius 2 is 1.59 bits per heavy atom. The van der Waals surface area contributed by atoms with Gasteiger partial charge in [0.1, 0.15) is 12.6 Å². The SMILES string of the molecule is O=C(O)CC(NC(=O)CCOCCNC(=O)OCC1c2ccccc2-c2ccccc21)C(F)F. The fourth-order valence-corrected chi connectivity index (χ4v) is 3.81. The minimum atomic E-state index is -2.98. The second-order valence-corrected chi connectivity index (χ2v) is 7.72. The Bertz CT molecular complexity index is 971. The van der Waals surface area contributed by atoms with Crippen LogP contribution in [0.1, 0.15) is 29.9 Å². The lowest BCUT2D eigenvalue weighted by molar-refractivity contribution is -0.139. The van der Waals surface area contributed by atoms with Gasteiger partial charge in [-0.05, 0) is 22.3 Å². The number of amides is 2. The predicted octanol–water partition coefficient (Wildman–Crippen LogP) is 3.16. The number of alkyl halides is 2. The number of fused-ring (bicyclic) bond motifs is 3. The van der Waals surface area contributed by atoms with Crippen LogP contribution in [0.15, 0.2) is 48.5 Å². The van der Waals surface area contributed by atoms with Crippen LogP contribution in [0.4, 0.5) is 13.6 Å². The molecule has 1 aliphatic carbocycles. The van der Waals surface area contributed by atoms with E-state index < -0.39 is 36.9 Å². The van der Waals surface area contributed by atoms with Crippen LogP contribution in [0.2, 0.25) is 0 Å². The monoisotopic (exact) mass is 476 g/mol. The third kappa shape index (κ3) is 6.74. The molecule has 1 aliphatic rings. The summed E-state index contributed by atoms with van der Waals surface area (Å²) in [4.78, 5) is 34.3. The number of alkyl carbamates (subject to hydrolysis) is 1. The highest BCUT2D eigenvalue weighted by atomic mass is 19.3. The normalized spacial score (nSPS) is 13.1. The van der Waals surface area contributed by atoms with E-state index >= 15 is 0 Å². The van der Waals surface area contributed by atoms with Crippen molar-refractivity contribution in [2.45, 2.75) is 31.2 Å². The van der Waals surface area contributed by atoms with Crippen molar-refractivity contribution < 1.29 is 37.7 Å². The lowest BCUT2D eigenvalue weighted by atomic mass is 9.98. The molecule has 0 bridgehead atoms. The summed E-state index contributed by atoms with van der Waals surface area (Å²) >= 11 is 0. The second-order valence-electron chi connectivity index (χ2n) is 7.72. The molecular weight excluding hydrogens is 450 g/mol. The maximum absolute atomic E-state index is 12.7. The molecule has 2 amide bonds. The van der Waals surface area contributed by atoms with Gasteiger partial charge in [0.2, 0.25) is 5.91 Å². The lowest BCUT2D eigenvalue weighted by Crippen LogP contribution is -2.41. The van der Waals surface area contributed by atoms with Crippen molar-refractivity contribution in [3.63, 3.8) is 0 Å². The molecule has 3 N–H and O–H groups in total. The third-order valence-corrected chi connectivity index (χ3v) is 5.38. The average Bonchev–Trinajstić information content (AvgIpc) is 3.13. The summed E-state index contributed by atoms with van der Waals surface area (Å²) in [6, 6.07) is 14.2. The fraction of sp³-hybridized carbons (Fsp3) is 0.375. The van der Waals surface area contributed by atoms with Crippen LogP contribution in [0.5, 0.6) is 0 Å². The average molecular weight is 476 g/mol. The first-order chi connectivity index (χ1) is 16.4. The van der Waals surface area contributed by atoms with Crippen molar-refractivity contribution in [3.8, 4) is 11.1 Å². The zero-order valence-corrected chi connectivity index (χ0v) is 18.3. The summed E-state index contributed by atoms with van der Waals surface area (Å²) in [7, 11) is 0. The van der Waals surface area contributed by atoms with E-state index in [9.17, 15) is 23.2 Å². The van der Waals surface area contributed by atoms with Crippen LogP contribution in [0, 0.1) is 0 Å². The van der Waals surface area contributed by atoms with Crippen molar-refractivity contribution in [1.82, 2.24) is 10.6 Å². The molecule has 0 saturated heterocycles. The van der Waals surface area contributed by atoms with Gasteiger partial charge in [0.05, 0.1) is 19.6 Å². The molecular formula is C24H26F2N2O6. The predicted molar refractivity (Wildman–Crippen MR) is 119 cm³/mol. The van der Waals surface area contributed by atoms with Crippen molar-refractivity contribution in [1.29, 1.82) is 0 Å². The van der Waals surface area contributed by atoms with Crippen LogP contribution < -0.4 is 10.6 Å². The fourth-order valence-electron chi connectivity index (χ4n) is 3.81. The van der Waals surface area contributed by atoms with E-state index in [1.807, 2.05) is 53.8 Å². The molecule has 34 heavy (non-hydrogen) atoms. The topological polar surface area (TPSA) is 114 Å². The third-order valence-electron chi connectivity index (χ3n) is 5.38. The van der Waals surface area contributed by atoms with Gasteiger partial charge in [-0.25, -0.2) is 13.6 Å². The summed E-state index contributed by atoms with van der Waals surface area (Å²) in [6.07, 6.45) is -4.67. The van der Waals surface area contributed by atoms with Crippen molar-refractivity contribution in [2.24, 2.45) is 0 Å². The van der Waals surface area contributed by atoms with Gasteiger partial charge in [-0.15, -0.1) is 0 Å². The van der Waals surface area contributed by atoms with Gasteiger partial charge in [0.25, 0.3) is 6.43 Å². The zero-order chi connectivity index (χ0) is 24.5. The maximum atomic E-state index is 12.7. The Morgan fingerprint density at radius 3 is 2.18 bits per heavy atom. The van der Waals surface area contributed by atoms with Crippen LogP contribution in [0.3, 0.4) is 0 Å². The molecule has 2 aromatic rings. The Morgan fingerprint density at radius 1 is 0.971 bits per heavy atom. The number of rotatable bonds is 12. The number of nitrogens with one attached hydrogen (secondary N) is 2. The van der Waals surface area contributed by atoms with E-state index in [0.717, 1.165) is 22.3 Å². The van der Waals surface area contributed by atoms with Crippen LogP contribution in [0.25, 0.3) is 11.1 Å². The molecule has 1 atom stereocenters. The molecule has 10 heteroatoms.